The minimum absolute atomic E-state index is 0.00607. The predicted octanol–water partition coefficient (Wildman–Crippen LogP) is 3.62. The Balaban J connectivity index is 2.26. The SMILES string of the molecule is Cc1ccc(-n2c(-c3ccc(O)cc3O)n[nH]c2=S)c(C)c1. The molecular formula is C16H15N3O2S. The van der Waals surface area contributed by atoms with Crippen LogP contribution in [0.5, 0.6) is 11.5 Å². The Kier molecular flexibility index (Phi) is 3.46. The van der Waals surface area contributed by atoms with Crippen LogP contribution in [0.15, 0.2) is 36.4 Å². The van der Waals surface area contributed by atoms with Gasteiger partial charge in [0, 0.05) is 6.07 Å². The van der Waals surface area contributed by atoms with Gasteiger partial charge in [-0.1, -0.05) is 17.7 Å². The largest absolute Gasteiger partial charge is 0.508 e. The lowest BCUT2D eigenvalue weighted by atomic mass is 10.1. The molecule has 0 aliphatic heterocycles. The van der Waals surface area contributed by atoms with Gasteiger partial charge in [0.1, 0.15) is 11.5 Å². The Morgan fingerprint density at radius 1 is 1.09 bits per heavy atom. The number of nitrogens with zero attached hydrogens (tertiary/aromatic N) is 2. The molecule has 3 aromatic rings. The van der Waals surface area contributed by atoms with E-state index < -0.39 is 0 Å². The average Bonchev–Trinajstić information content (AvgIpc) is 2.81. The van der Waals surface area contributed by atoms with Crippen molar-refractivity contribution in [1.82, 2.24) is 14.8 Å². The van der Waals surface area contributed by atoms with Crippen LogP contribution in [0.2, 0.25) is 0 Å². The van der Waals surface area contributed by atoms with Crippen LogP contribution in [0.1, 0.15) is 11.1 Å². The fourth-order valence-electron chi connectivity index (χ4n) is 2.47. The summed E-state index contributed by atoms with van der Waals surface area (Å²) < 4.78 is 2.21. The summed E-state index contributed by atoms with van der Waals surface area (Å²) in [7, 11) is 0. The number of aromatic amines is 1. The van der Waals surface area contributed by atoms with Crippen molar-refractivity contribution in [3.8, 4) is 28.6 Å². The maximum absolute atomic E-state index is 10.1. The molecule has 0 saturated heterocycles. The highest BCUT2D eigenvalue weighted by atomic mass is 32.1. The normalized spacial score (nSPS) is 10.8. The van der Waals surface area contributed by atoms with Crippen LogP contribution in [0, 0.1) is 18.6 Å². The predicted molar refractivity (Wildman–Crippen MR) is 87.0 cm³/mol. The van der Waals surface area contributed by atoms with E-state index in [9.17, 15) is 10.2 Å². The van der Waals surface area contributed by atoms with Gasteiger partial charge in [-0.3, -0.25) is 9.67 Å². The number of aromatic nitrogens is 3. The molecule has 3 N–H and O–H groups in total. The van der Waals surface area contributed by atoms with Crippen LogP contribution in [0.25, 0.3) is 17.1 Å². The van der Waals surface area contributed by atoms with E-state index in [0.29, 0.717) is 16.2 Å². The molecule has 1 aromatic heterocycles. The third-order valence-corrected chi connectivity index (χ3v) is 3.76. The maximum Gasteiger partial charge on any atom is 0.200 e. The lowest BCUT2D eigenvalue weighted by Gasteiger charge is -2.11. The Morgan fingerprint density at radius 3 is 2.55 bits per heavy atom. The lowest BCUT2D eigenvalue weighted by molar-refractivity contribution is 0.451. The zero-order valence-corrected chi connectivity index (χ0v) is 13.0. The molecule has 0 fully saturated rings. The van der Waals surface area contributed by atoms with Gasteiger partial charge in [0.25, 0.3) is 0 Å². The number of aromatic hydroxyl groups is 2. The molecule has 0 aliphatic carbocycles. The van der Waals surface area contributed by atoms with Crippen molar-refractivity contribution in [2.45, 2.75) is 13.8 Å². The lowest BCUT2D eigenvalue weighted by Crippen LogP contribution is -2.00. The first-order chi connectivity index (χ1) is 10.5. The molecule has 0 atom stereocenters. The zero-order valence-electron chi connectivity index (χ0n) is 12.2. The molecule has 0 unspecified atom stereocenters. The summed E-state index contributed by atoms with van der Waals surface area (Å²) in [5.41, 5.74) is 3.60. The first-order valence-electron chi connectivity index (χ1n) is 6.75. The summed E-state index contributed by atoms with van der Waals surface area (Å²) in [6.45, 7) is 4.02. The Hall–Kier alpha value is -2.60. The number of nitrogens with one attached hydrogen (secondary N) is 1. The van der Waals surface area contributed by atoms with Crippen molar-refractivity contribution in [3.63, 3.8) is 0 Å². The van der Waals surface area contributed by atoms with Gasteiger partial charge in [0.05, 0.1) is 11.3 Å². The van der Waals surface area contributed by atoms with E-state index in [1.807, 2.05) is 26.0 Å². The number of phenolic OH excluding ortho intramolecular Hbond substituents is 2. The summed E-state index contributed by atoms with van der Waals surface area (Å²) in [6, 6.07) is 10.4. The first kappa shape index (κ1) is 14.3. The van der Waals surface area contributed by atoms with Gasteiger partial charge in [0.15, 0.2) is 10.6 Å². The highest BCUT2D eigenvalue weighted by Gasteiger charge is 2.16. The number of benzene rings is 2. The van der Waals surface area contributed by atoms with E-state index >= 15 is 0 Å². The number of phenols is 2. The standard InChI is InChI=1S/C16H15N3O2S/c1-9-3-6-13(10(2)7-9)19-15(17-18-16(19)22)12-5-4-11(20)8-14(12)21/h3-8,20-21H,1-2H3,(H,18,22). The minimum Gasteiger partial charge on any atom is -0.508 e. The molecule has 3 rings (SSSR count). The van der Waals surface area contributed by atoms with E-state index in [1.54, 1.807) is 10.6 Å². The van der Waals surface area contributed by atoms with Crippen LogP contribution in [-0.2, 0) is 0 Å². The van der Waals surface area contributed by atoms with Crippen molar-refractivity contribution in [2.75, 3.05) is 0 Å². The van der Waals surface area contributed by atoms with Gasteiger partial charge in [0.2, 0.25) is 0 Å². The van der Waals surface area contributed by atoms with Crippen LogP contribution in [-0.4, -0.2) is 25.0 Å². The first-order valence-corrected chi connectivity index (χ1v) is 7.15. The monoisotopic (exact) mass is 313 g/mol. The number of H-pyrrole nitrogens is 1. The number of hydrogen-bond acceptors (Lipinski definition) is 4. The second-order valence-electron chi connectivity index (χ2n) is 5.18. The van der Waals surface area contributed by atoms with Gasteiger partial charge < -0.3 is 10.2 Å². The minimum atomic E-state index is -0.0555. The van der Waals surface area contributed by atoms with E-state index in [4.69, 9.17) is 12.2 Å². The number of aryl methyl sites for hydroxylation is 2. The fraction of sp³-hybridized carbons (Fsp3) is 0.125. The van der Waals surface area contributed by atoms with Gasteiger partial charge in [-0.2, -0.15) is 5.10 Å². The summed E-state index contributed by atoms with van der Waals surface area (Å²) >= 11 is 5.33. The zero-order chi connectivity index (χ0) is 15.9. The van der Waals surface area contributed by atoms with Crippen molar-refractivity contribution in [3.05, 3.63) is 52.3 Å². The van der Waals surface area contributed by atoms with Gasteiger partial charge >= 0.3 is 0 Å². The van der Waals surface area contributed by atoms with Crippen LogP contribution in [0.3, 0.4) is 0 Å². The molecule has 1 heterocycles. The average molecular weight is 313 g/mol. The number of rotatable bonds is 2. The molecule has 112 valence electrons. The molecular weight excluding hydrogens is 298 g/mol. The summed E-state index contributed by atoms with van der Waals surface area (Å²) in [5.74, 6) is 0.433. The smallest absolute Gasteiger partial charge is 0.200 e. The molecule has 0 spiro atoms. The quantitative estimate of drug-likeness (QED) is 0.632. The van der Waals surface area contributed by atoms with E-state index in [-0.39, 0.29) is 11.5 Å². The molecule has 2 aromatic carbocycles. The third-order valence-electron chi connectivity index (χ3n) is 3.49. The molecule has 22 heavy (non-hydrogen) atoms. The van der Waals surface area contributed by atoms with Crippen LogP contribution >= 0.6 is 12.2 Å². The van der Waals surface area contributed by atoms with Gasteiger partial charge in [-0.15, -0.1) is 0 Å². The van der Waals surface area contributed by atoms with Gasteiger partial charge in [-0.25, -0.2) is 0 Å². The third kappa shape index (κ3) is 2.37. The van der Waals surface area contributed by atoms with Crippen molar-refractivity contribution in [1.29, 1.82) is 0 Å². The summed E-state index contributed by atoms with van der Waals surface area (Å²) in [5, 5.41) is 26.5. The molecule has 0 bridgehead atoms. The second-order valence-corrected chi connectivity index (χ2v) is 5.57. The topological polar surface area (TPSA) is 74.1 Å². The molecule has 5 nitrogen and oxygen atoms in total. The van der Waals surface area contributed by atoms with Gasteiger partial charge in [-0.05, 0) is 49.8 Å². The molecule has 0 radical (unpaired) electrons. The van der Waals surface area contributed by atoms with E-state index in [1.165, 1.54) is 12.1 Å². The summed E-state index contributed by atoms with van der Waals surface area (Å²) in [4.78, 5) is 0. The highest BCUT2D eigenvalue weighted by Crippen LogP contribution is 2.32. The van der Waals surface area contributed by atoms with Crippen LogP contribution in [0.4, 0.5) is 0 Å². The fourth-order valence-corrected chi connectivity index (χ4v) is 2.70. The van der Waals surface area contributed by atoms with Crippen LogP contribution < -0.4 is 0 Å². The molecule has 6 heteroatoms. The van der Waals surface area contributed by atoms with Crippen molar-refractivity contribution in [2.24, 2.45) is 0 Å². The van der Waals surface area contributed by atoms with E-state index in [2.05, 4.69) is 16.3 Å². The second kappa shape index (κ2) is 5.31. The Morgan fingerprint density at radius 2 is 1.86 bits per heavy atom. The summed E-state index contributed by atoms with van der Waals surface area (Å²) in [6.07, 6.45) is 0. The molecule has 0 aliphatic rings. The Bertz CT molecular complexity index is 912. The highest BCUT2D eigenvalue weighted by molar-refractivity contribution is 7.71. The van der Waals surface area contributed by atoms with E-state index in [0.717, 1.165) is 16.8 Å². The van der Waals surface area contributed by atoms with Crippen molar-refractivity contribution < 1.29 is 10.2 Å². The molecule has 0 saturated carbocycles. The maximum atomic E-state index is 10.1. The Labute approximate surface area is 132 Å². The number of hydrogen-bond donors (Lipinski definition) is 3. The van der Waals surface area contributed by atoms with Crippen molar-refractivity contribution >= 4 is 12.2 Å². The molecule has 0 amide bonds.